The van der Waals surface area contributed by atoms with Crippen molar-refractivity contribution < 1.29 is 24.3 Å². The molecule has 36 heavy (non-hydrogen) atoms. The van der Waals surface area contributed by atoms with E-state index in [1.54, 1.807) is 30.9 Å². The first-order valence-electron chi connectivity index (χ1n) is 13.1. The van der Waals surface area contributed by atoms with Gasteiger partial charge in [-0.3, -0.25) is 24.1 Å². The number of amides is 2. The van der Waals surface area contributed by atoms with Gasteiger partial charge in [-0.1, -0.05) is 49.1 Å². The number of fused-ring (bicyclic) bond motifs is 3. The van der Waals surface area contributed by atoms with Crippen LogP contribution in [0.5, 0.6) is 5.75 Å². The van der Waals surface area contributed by atoms with Crippen molar-refractivity contribution in [3.8, 4) is 5.75 Å². The highest BCUT2D eigenvalue weighted by atomic mass is 16.3. The first kappa shape index (κ1) is 23.1. The molecule has 1 aromatic carbocycles. The summed E-state index contributed by atoms with van der Waals surface area (Å²) in [5.74, 6) is -2.40. The van der Waals surface area contributed by atoms with E-state index in [2.05, 4.69) is 0 Å². The van der Waals surface area contributed by atoms with Gasteiger partial charge >= 0.3 is 0 Å². The average Bonchev–Trinajstić information content (AvgIpc) is 3.13. The van der Waals surface area contributed by atoms with Crippen molar-refractivity contribution in [1.82, 2.24) is 4.90 Å². The van der Waals surface area contributed by atoms with Gasteiger partial charge in [-0.15, -0.1) is 0 Å². The summed E-state index contributed by atoms with van der Waals surface area (Å²) >= 11 is 0. The Balaban J connectivity index is 1.48. The van der Waals surface area contributed by atoms with Gasteiger partial charge in [0.05, 0.1) is 11.8 Å². The van der Waals surface area contributed by atoms with Crippen molar-refractivity contribution in [1.29, 1.82) is 0 Å². The fourth-order valence-corrected chi connectivity index (χ4v) is 7.35. The molecule has 0 spiro atoms. The summed E-state index contributed by atoms with van der Waals surface area (Å²) in [7, 11) is 0. The van der Waals surface area contributed by atoms with Crippen LogP contribution in [0.1, 0.15) is 68.9 Å². The fraction of sp³-hybridized carbons (Fsp3) is 0.467. The Labute approximate surface area is 210 Å². The topological polar surface area (TPSA) is 91.8 Å². The number of allylic oxidation sites excluding steroid dienone is 6. The van der Waals surface area contributed by atoms with Crippen LogP contribution in [0.2, 0.25) is 0 Å². The minimum Gasteiger partial charge on any atom is -0.507 e. The number of aryl methyl sites for hydroxylation is 1. The second kappa shape index (κ2) is 8.39. The van der Waals surface area contributed by atoms with Crippen molar-refractivity contribution in [2.75, 3.05) is 0 Å². The molecule has 1 heterocycles. The number of para-hydroxylation sites is 1. The highest BCUT2D eigenvalue weighted by Crippen LogP contribution is 2.56. The summed E-state index contributed by atoms with van der Waals surface area (Å²) in [6.45, 7) is 3.45. The van der Waals surface area contributed by atoms with E-state index in [4.69, 9.17) is 0 Å². The van der Waals surface area contributed by atoms with Crippen molar-refractivity contribution in [3.05, 3.63) is 63.8 Å². The maximum atomic E-state index is 13.9. The van der Waals surface area contributed by atoms with E-state index >= 15 is 0 Å². The number of aromatic hydroxyl groups is 1. The molecule has 0 aromatic heterocycles. The van der Waals surface area contributed by atoms with E-state index in [1.165, 1.54) is 6.08 Å². The van der Waals surface area contributed by atoms with Crippen molar-refractivity contribution >= 4 is 23.4 Å². The predicted molar refractivity (Wildman–Crippen MR) is 133 cm³/mol. The molecule has 0 radical (unpaired) electrons. The second-order valence-electron chi connectivity index (χ2n) is 11.1. The zero-order valence-electron chi connectivity index (χ0n) is 20.8. The number of ketones is 2. The Morgan fingerprint density at radius 3 is 2.44 bits per heavy atom. The number of imide groups is 1. The molecule has 1 aliphatic heterocycles. The summed E-state index contributed by atoms with van der Waals surface area (Å²) in [5, 5.41) is 11.1. The van der Waals surface area contributed by atoms with Gasteiger partial charge in [0.1, 0.15) is 5.75 Å². The van der Waals surface area contributed by atoms with Crippen LogP contribution in [-0.4, -0.2) is 39.4 Å². The summed E-state index contributed by atoms with van der Waals surface area (Å²) in [6, 6.07) is 5.41. The van der Waals surface area contributed by atoms with Gasteiger partial charge in [0, 0.05) is 34.2 Å². The molecular weight excluding hydrogens is 454 g/mol. The van der Waals surface area contributed by atoms with E-state index in [0.29, 0.717) is 34.3 Å². The van der Waals surface area contributed by atoms with Gasteiger partial charge in [-0.25, -0.2) is 0 Å². The number of hydrogen-bond donors (Lipinski definition) is 1. The lowest BCUT2D eigenvalue weighted by atomic mass is 9.59. The van der Waals surface area contributed by atoms with Crippen LogP contribution in [-0.2, 0) is 19.2 Å². The Kier molecular flexibility index (Phi) is 5.39. The highest BCUT2D eigenvalue weighted by molar-refractivity contribution is 6.24. The number of benzene rings is 1. The first-order valence-corrected chi connectivity index (χ1v) is 13.1. The SMILES string of the molecule is CC1=CC(=O)C2=C(C1=O)[C@@H](c1cccc(C)c1O)C1=CC[C@@H]3C(=O)N(C4CCCCC4)C(=O)[C@@H]3[C@@H]1C2. The van der Waals surface area contributed by atoms with Gasteiger partial charge in [0.25, 0.3) is 0 Å². The maximum absolute atomic E-state index is 13.9. The number of likely N-dealkylation sites (tertiary alicyclic amines) is 1. The summed E-state index contributed by atoms with van der Waals surface area (Å²) in [6.07, 6.45) is 9.01. The monoisotopic (exact) mass is 485 g/mol. The number of phenols is 1. The largest absolute Gasteiger partial charge is 0.507 e. The first-order chi connectivity index (χ1) is 17.3. The fourth-order valence-electron chi connectivity index (χ4n) is 7.35. The molecule has 0 bridgehead atoms. The Hall–Kier alpha value is -3.28. The number of phenolic OH excluding ortho intramolecular Hbond substituents is 1. The average molecular weight is 486 g/mol. The van der Waals surface area contributed by atoms with Crippen LogP contribution in [0.3, 0.4) is 0 Å². The van der Waals surface area contributed by atoms with E-state index in [1.807, 2.05) is 12.1 Å². The molecule has 6 heteroatoms. The molecule has 0 unspecified atom stereocenters. The van der Waals surface area contributed by atoms with E-state index in [0.717, 1.165) is 37.7 Å². The molecule has 186 valence electrons. The number of Topliss-reactive ketones (excluding diaryl/α,β-unsaturated/α-hetero) is 1. The van der Waals surface area contributed by atoms with Crippen LogP contribution >= 0.6 is 0 Å². The van der Waals surface area contributed by atoms with Gasteiger partial charge in [-0.2, -0.15) is 0 Å². The lowest BCUT2D eigenvalue weighted by molar-refractivity contribution is -0.143. The third-order valence-corrected chi connectivity index (χ3v) is 9.12. The molecule has 2 fully saturated rings. The zero-order chi connectivity index (χ0) is 25.3. The van der Waals surface area contributed by atoms with Crippen molar-refractivity contribution in [2.45, 2.75) is 70.8 Å². The third kappa shape index (κ3) is 3.23. The van der Waals surface area contributed by atoms with Gasteiger partial charge < -0.3 is 5.11 Å². The molecule has 6 rings (SSSR count). The zero-order valence-corrected chi connectivity index (χ0v) is 20.8. The van der Waals surface area contributed by atoms with E-state index in [9.17, 15) is 24.3 Å². The highest BCUT2D eigenvalue weighted by Gasteiger charge is 2.57. The van der Waals surface area contributed by atoms with Crippen LogP contribution in [0.15, 0.2) is 52.6 Å². The predicted octanol–water partition coefficient (Wildman–Crippen LogP) is 4.46. The lowest BCUT2D eigenvalue weighted by Gasteiger charge is -2.42. The molecule has 1 aromatic rings. The molecular formula is C30H31NO5. The van der Waals surface area contributed by atoms with Crippen LogP contribution in [0, 0.1) is 24.7 Å². The van der Waals surface area contributed by atoms with Gasteiger partial charge in [0.2, 0.25) is 11.8 Å². The summed E-state index contributed by atoms with van der Waals surface area (Å²) in [5.41, 5.74) is 3.38. The molecule has 4 atom stereocenters. The van der Waals surface area contributed by atoms with E-state index in [-0.39, 0.29) is 47.5 Å². The maximum Gasteiger partial charge on any atom is 0.233 e. The van der Waals surface area contributed by atoms with Gasteiger partial charge in [-0.05, 0) is 57.1 Å². The van der Waals surface area contributed by atoms with E-state index < -0.39 is 17.8 Å². The summed E-state index contributed by atoms with van der Waals surface area (Å²) < 4.78 is 0. The van der Waals surface area contributed by atoms with Crippen molar-refractivity contribution in [2.24, 2.45) is 17.8 Å². The number of rotatable bonds is 2. The van der Waals surface area contributed by atoms with Crippen molar-refractivity contribution in [3.63, 3.8) is 0 Å². The summed E-state index contributed by atoms with van der Waals surface area (Å²) in [4.78, 5) is 55.6. The standard InChI is InChI=1S/C30H31NO5/c1-15-7-6-10-19(27(15)33)24-18-11-12-20-25(30(36)31(29(20)35)17-8-4-3-5-9-17)21(18)14-22-23(32)13-16(2)28(34)26(22)24/h6-7,10-11,13,17,20-21,24-25,33H,3-5,8-9,12,14H2,1-2H3/t20-,21+,24+,25-/m0/s1. The second-order valence-corrected chi connectivity index (χ2v) is 11.1. The number of nitrogens with zero attached hydrogens (tertiary/aromatic N) is 1. The Morgan fingerprint density at radius 1 is 0.944 bits per heavy atom. The molecule has 2 amide bonds. The molecule has 1 saturated carbocycles. The lowest BCUT2D eigenvalue weighted by Crippen LogP contribution is -2.43. The molecule has 6 nitrogen and oxygen atoms in total. The quantitative estimate of drug-likeness (QED) is 0.379. The molecule has 4 aliphatic carbocycles. The van der Waals surface area contributed by atoms with Gasteiger partial charge in [0.15, 0.2) is 11.6 Å². The van der Waals surface area contributed by atoms with Crippen LogP contribution in [0.25, 0.3) is 0 Å². The normalized spacial score (nSPS) is 30.7. The Bertz CT molecular complexity index is 1310. The Morgan fingerprint density at radius 2 is 1.69 bits per heavy atom. The number of carbonyl (C=O) groups is 4. The number of carbonyl (C=O) groups excluding carboxylic acids is 4. The third-order valence-electron chi connectivity index (χ3n) is 9.12. The van der Waals surface area contributed by atoms with Crippen LogP contribution < -0.4 is 0 Å². The molecule has 1 saturated heterocycles. The molecule has 5 aliphatic rings. The van der Waals surface area contributed by atoms with Crippen LogP contribution in [0.4, 0.5) is 0 Å². The number of hydrogen-bond acceptors (Lipinski definition) is 5. The minimum absolute atomic E-state index is 0.0359. The minimum atomic E-state index is -0.605. The molecule has 1 N–H and O–H groups in total. The smallest absolute Gasteiger partial charge is 0.233 e.